The SMILES string of the molecule is O.O.O.O.O.O.O.O.O.O.O=C([O-])CC(O)(CC(=O)[O-])C(=O)[O-].[Na+].[Na+].[Na+]. The Labute approximate surface area is 212 Å². The average Bonchev–Trinajstić information content (AvgIpc) is 1.82. The van der Waals surface area contributed by atoms with Crippen molar-refractivity contribution in [3.05, 3.63) is 0 Å². The van der Waals surface area contributed by atoms with E-state index < -0.39 is 36.4 Å². The van der Waals surface area contributed by atoms with Gasteiger partial charge in [-0.25, -0.2) is 0 Å². The van der Waals surface area contributed by atoms with Gasteiger partial charge >= 0.3 is 88.7 Å². The summed E-state index contributed by atoms with van der Waals surface area (Å²) in [5.41, 5.74) is -2.97. The Balaban J connectivity index is -0.00000000923. The zero-order valence-electron chi connectivity index (χ0n) is 14.3. The van der Waals surface area contributed by atoms with Gasteiger partial charge in [-0.15, -0.1) is 0 Å². The van der Waals surface area contributed by atoms with E-state index in [-0.39, 0.29) is 143 Å². The monoisotopic (exact) mass is 438 g/mol. The Morgan fingerprint density at radius 1 is 0.577 bits per heavy atom. The number of carboxylic acids is 3. The number of rotatable bonds is 5. The first-order chi connectivity index (χ1) is 5.78. The fourth-order valence-corrected chi connectivity index (χ4v) is 0.684. The van der Waals surface area contributed by atoms with Crippen molar-refractivity contribution >= 4 is 17.9 Å². The summed E-state index contributed by atoms with van der Waals surface area (Å²) in [6.45, 7) is 0. The molecule has 0 atom stereocenters. The second-order valence-corrected chi connectivity index (χ2v) is 2.42. The molecule has 0 saturated heterocycles. The van der Waals surface area contributed by atoms with Crippen LogP contribution >= 0.6 is 0 Å². The molecule has 17 nitrogen and oxygen atoms in total. The van der Waals surface area contributed by atoms with E-state index in [0.717, 1.165) is 0 Å². The second-order valence-electron chi connectivity index (χ2n) is 2.42. The van der Waals surface area contributed by atoms with Crippen LogP contribution in [-0.2, 0) is 14.4 Å². The third-order valence-electron chi connectivity index (χ3n) is 1.25. The molecule has 0 aliphatic carbocycles. The van der Waals surface area contributed by atoms with Crippen LogP contribution in [0.25, 0.3) is 0 Å². The van der Waals surface area contributed by atoms with Crippen molar-refractivity contribution in [1.82, 2.24) is 0 Å². The first-order valence-corrected chi connectivity index (χ1v) is 3.11. The molecule has 0 aromatic rings. The Bertz CT molecular complexity index is 247. The van der Waals surface area contributed by atoms with Gasteiger partial charge in [0.2, 0.25) is 0 Å². The summed E-state index contributed by atoms with van der Waals surface area (Å²) in [7, 11) is 0. The van der Waals surface area contributed by atoms with Crippen molar-refractivity contribution in [1.29, 1.82) is 0 Å². The molecule has 26 heavy (non-hydrogen) atoms. The van der Waals surface area contributed by atoms with E-state index in [0.29, 0.717) is 0 Å². The van der Waals surface area contributed by atoms with E-state index in [1.54, 1.807) is 0 Å². The van der Waals surface area contributed by atoms with Crippen LogP contribution in [0.1, 0.15) is 12.8 Å². The Morgan fingerprint density at radius 3 is 0.808 bits per heavy atom. The quantitative estimate of drug-likeness (QED) is 0.403. The van der Waals surface area contributed by atoms with Crippen LogP contribution in [0, 0.1) is 0 Å². The number of carboxylic acid groups (broad SMARTS) is 3. The molecule has 0 unspecified atom stereocenters. The van der Waals surface area contributed by atoms with Gasteiger partial charge in [-0.2, -0.15) is 0 Å². The van der Waals surface area contributed by atoms with E-state index in [2.05, 4.69) is 0 Å². The summed E-state index contributed by atoms with van der Waals surface area (Å²) in [4.78, 5) is 30.0. The van der Waals surface area contributed by atoms with Gasteiger partial charge in [0.25, 0.3) is 0 Å². The molecule has 0 rings (SSSR count). The smallest absolute Gasteiger partial charge is 0.550 e. The normalized spacial score (nSPS) is 5.42. The molecule has 0 aliphatic rings. The summed E-state index contributed by atoms with van der Waals surface area (Å²) in [5.74, 6) is -5.98. The van der Waals surface area contributed by atoms with Crippen molar-refractivity contribution in [3.63, 3.8) is 0 Å². The molecule has 0 spiro atoms. The number of carbonyl (C=O) groups excluding carboxylic acids is 3. The van der Waals surface area contributed by atoms with E-state index >= 15 is 0 Å². The Kier molecular flexibility index (Phi) is 209. The van der Waals surface area contributed by atoms with Crippen molar-refractivity contribution in [2.75, 3.05) is 0 Å². The van der Waals surface area contributed by atoms with Crippen LogP contribution in [0.15, 0.2) is 0 Å². The maximum absolute atomic E-state index is 10.1. The fraction of sp³-hybridized carbons (Fsp3) is 0.500. The van der Waals surface area contributed by atoms with Crippen LogP contribution in [0.2, 0.25) is 0 Å². The molecule has 0 saturated carbocycles. The van der Waals surface area contributed by atoms with E-state index in [9.17, 15) is 29.7 Å². The summed E-state index contributed by atoms with van der Waals surface area (Å²) in [6, 6.07) is 0. The van der Waals surface area contributed by atoms with Crippen molar-refractivity contribution < 1.29 is 178 Å². The number of hydrogen-bond donors (Lipinski definition) is 1. The van der Waals surface area contributed by atoms with Gasteiger partial charge in [0.05, 0.1) is 5.97 Å². The van der Waals surface area contributed by atoms with Crippen LogP contribution in [0.4, 0.5) is 0 Å². The molecule has 0 aromatic carbocycles. The van der Waals surface area contributed by atoms with Gasteiger partial charge in [0.15, 0.2) is 0 Å². The topological polar surface area (TPSA) is 456 Å². The summed E-state index contributed by atoms with van der Waals surface area (Å²) < 4.78 is 0. The molecule has 0 amide bonds. The van der Waals surface area contributed by atoms with Gasteiger partial charge in [-0.05, 0) is 0 Å². The Hall–Kier alpha value is 0.970. The van der Waals surface area contributed by atoms with Crippen LogP contribution in [0.5, 0.6) is 0 Å². The molecular weight excluding hydrogens is 413 g/mol. The van der Waals surface area contributed by atoms with Gasteiger partial charge < -0.3 is 89.6 Å². The molecule has 0 aliphatic heterocycles. The molecule has 154 valence electrons. The number of hydrogen-bond acceptors (Lipinski definition) is 7. The van der Waals surface area contributed by atoms with Crippen LogP contribution in [-0.4, -0.2) is 83.4 Å². The van der Waals surface area contributed by atoms with Gasteiger partial charge in [0.1, 0.15) is 5.60 Å². The first-order valence-electron chi connectivity index (χ1n) is 3.11. The third kappa shape index (κ3) is 49.8. The molecule has 20 heteroatoms. The van der Waals surface area contributed by atoms with Crippen molar-refractivity contribution in [3.8, 4) is 0 Å². The zero-order chi connectivity index (χ0) is 10.6. The first kappa shape index (κ1) is 108. The molecule has 0 radical (unpaired) electrons. The average molecular weight is 438 g/mol. The summed E-state index contributed by atoms with van der Waals surface area (Å²) >= 11 is 0. The van der Waals surface area contributed by atoms with E-state index in [1.807, 2.05) is 0 Å². The largest absolute Gasteiger partial charge is 1.00 e. The maximum Gasteiger partial charge on any atom is 1.00 e. The number of carbonyl (C=O) groups is 3. The molecular formula is C6H25Na3O17. The van der Waals surface area contributed by atoms with Gasteiger partial charge in [0, 0.05) is 24.8 Å². The summed E-state index contributed by atoms with van der Waals surface area (Å²) in [6.07, 6.45) is -2.72. The number of aliphatic carboxylic acids is 3. The second kappa shape index (κ2) is 50.1. The molecule has 0 aromatic heterocycles. The van der Waals surface area contributed by atoms with E-state index in [1.165, 1.54) is 0 Å². The van der Waals surface area contributed by atoms with Crippen molar-refractivity contribution in [2.24, 2.45) is 0 Å². The van der Waals surface area contributed by atoms with Crippen LogP contribution < -0.4 is 104 Å². The van der Waals surface area contributed by atoms with Gasteiger partial charge in [-0.3, -0.25) is 0 Å². The standard InChI is InChI=1S/C6H8O7.3Na.10H2O/c7-3(8)1-6(13,5(11)12)2-4(9)10;;;;;;;;;;;;;/h13H,1-2H2,(H,7,8)(H,9,10)(H,11,12);;;;10*1H2/q;3*+1;;;;;;;;;;/p-3. The van der Waals surface area contributed by atoms with Crippen LogP contribution in [0.3, 0.4) is 0 Å². The molecule has 0 heterocycles. The predicted octanol–water partition coefficient (Wildman–Crippen LogP) is -22.5. The van der Waals surface area contributed by atoms with Gasteiger partial charge in [-0.1, -0.05) is 0 Å². The molecule has 0 fully saturated rings. The minimum absolute atomic E-state index is 0. The fourth-order valence-electron chi connectivity index (χ4n) is 0.684. The minimum Gasteiger partial charge on any atom is -0.550 e. The zero-order valence-corrected chi connectivity index (χ0v) is 20.3. The minimum atomic E-state index is -2.97. The third-order valence-corrected chi connectivity index (χ3v) is 1.25. The van der Waals surface area contributed by atoms with E-state index in [4.69, 9.17) is 5.11 Å². The predicted molar refractivity (Wildman–Crippen MR) is 65.3 cm³/mol. The number of aliphatic hydroxyl groups is 1. The maximum atomic E-state index is 10.1. The molecule has 0 bridgehead atoms. The Morgan fingerprint density at radius 2 is 0.731 bits per heavy atom. The summed E-state index contributed by atoms with van der Waals surface area (Å²) in [5, 5.41) is 38.9. The molecule has 21 N–H and O–H groups in total. The van der Waals surface area contributed by atoms with Crippen molar-refractivity contribution in [2.45, 2.75) is 18.4 Å².